The molecule has 0 amide bonds. The summed E-state index contributed by atoms with van der Waals surface area (Å²) in [6.45, 7) is 5.74. The van der Waals surface area contributed by atoms with Crippen molar-refractivity contribution >= 4 is 10.0 Å². The quantitative estimate of drug-likeness (QED) is 0.735. The Bertz CT molecular complexity index is 333. The first-order valence-electron chi connectivity index (χ1n) is 6.96. The summed E-state index contributed by atoms with van der Waals surface area (Å²) < 4.78 is 31.2. The van der Waals surface area contributed by atoms with Gasteiger partial charge in [0.25, 0.3) is 0 Å². The van der Waals surface area contributed by atoms with E-state index < -0.39 is 10.0 Å². The molecule has 0 unspecified atom stereocenters. The third-order valence-electron chi connectivity index (χ3n) is 3.69. The number of piperidine rings is 1. The fraction of sp³-hybridized carbons (Fsp3) is 1.00. The van der Waals surface area contributed by atoms with E-state index in [2.05, 4.69) is 4.90 Å². The van der Waals surface area contributed by atoms with E-state index in [-0.39, 0.29) is 0 Å². The van der Waals surface area contributed by atoms with Crippen LogP contribution in [0.1, 0.15) is 25.7 Å². The Kier molecular flexibility index (Phi) is 5.41. The van der Waals surface area contributed by atoms with Gasteiger partial charge in [-0.05, 0) is 25.8 Å². The zero-order valence-electron chi connectivity index (χ0n) is 11.0. The molecule has 0 spiro atoms. The standard InChI is InChI=1S/C12H24N2O3S/c15-18(16,14-6-2-1-3-7-14)12-4-5-13-8-10-17-11-9-13/h1-12H2. The van der Waals surface area contributed by atoms with Gasteiger partial charge in [0.1, 0.15) is 0 Å². The zero-order chi connectivity index (χ0) is 12.8. The van der Waals surface area contributed by atoms with Crippen LogP contribution in [0.25, 0.3) is 0 Å². The van der Waals surface area contributed by atoms with Crippen LogP contribution in [0.5, 0.6) is 0 Å². The Morgan fingerprint density at radius 1 is 0.944 bits per heavy atom. The van der Waals surface area contributed by atoms with Gasteiger partial charge in [-0.1, -0.05) is 6.42 Å². The van der Waals surface area contributed by atoms with Crippen molar-refractivity contribution in [3.63, 3.8) is 0 Å². The average molecular weight is 276 g/mol. The lowest BCUT2D eigenvalue weighted by atomic mass is 10.2. The van der Waals surface area contributed by atoms with Gasteiger partial charge in [0.2, 0.25) is 10.0 Å². The van der Waals surface area contributed by atoms with Gasteiger partial charge in [-0.25, -0.2) is 12.7 Å². The molecule has 0 saturated carbocycles. The minimum atomic E-state index is -3.01. The molecule has 2 heterocycles. The highest BCUT2D eigenvalue weighted by Crippen LogP contribution is 2.14. The number of morpholine rings is 1. The van der Waals surface area contributed by atoms with Crippen molar-refractivity contribution < 1.29 is 13.2 Å². The summed E-state index contributed by atoms with van der Waals surface area (Å²) in [6.07, 6.45) is 3.93. The second kappa shape index (κ2) is 6.84. The van der Waals surface area contributed by atoms with Gasteiger partial charge in [0.15, 0.2) is 0 Å². The number of sulfonamides is 1. The molecule has 106 valence electrons. The van der Waals surface area contributed by atoms with Crippen molar-refractivity contribution in [2.75, 3.05) is 51.7 Å². The lowest BCUT2D eigenvalue weighted by Crippen LogP contribution is -2.40. The molecule has 2 aliphatic rings. The molecule has 0 aromatic heterocycles. The second-order valence-electron chi connectivity index (χ2n) is 5.08. The topological polar surface area (TPSA) is 49.9 Å². The van der Waals surface area contributed by atoms with Crippen molar-refractivity contribution in [3.8, 4) is 0 Å². The molecule has 0 N–H and O–H groups in total. The van der Waals surface area contributed by atoms with E-state index in [1.165, 1.54) is 6.42 Å². The van der Waals surface area contributed by atoms with Crippen LogP contribution in [-0.2, 0) is 14.8 Å². The summed E-state index contributed by atoms with van der Waals surface area (Å²) in [5, 5.41) is 0. The Hall–Kier alpha value is -0.170. The van der Waals surface area contributed by atoms with Crippen molar-refractivity contribution in [2.24, 2.45) is 0 Å². The predicted molar refractivity (Wildman–Crippen MR) is 71.1 cm³/mol. The molecule has 2 saturated heterocycles. The normalized spacial score (nSPS) is 24.2. The van der Waals surface area contributed by atoms with E-state index in [0.717, 1.165) is 65.2 Å². The van der Waals surface area contributed by atoms with E-state index in [9.17, 15) is 8.42 Å². The molecule has 0 aliphatic carbocycles. The number of rotatable bonds is 5. The van der Waals surface area contributed by atoms with Crippen LogP contribution in [0.3, 0.4) is 0 Å². The van der Waals surface area contributed by atoms with Crippen molar-refractivity contribution in [1.29, 1.82) is 0 Å². The van der Waals surface area contributed by atoms with E-state index in [4.69, 9.17) is 4.74 Å². The fourth-order valence-electron chi connectivity index (χ4n) is 2.57. The first-order valence-corrected chi connectivity index (χ1v) is 8.57. The number of hydrogen-bond acceptors (Lipinski definition) is 4. The highest BCUT2D eigenvalue weighted by molar-refractivity contribution is 7.89. The largest absolute Gasteiger partial charge is 0.379 e. The predicted octanol–water partition coefficient (Wildman–Crippen LogP) is 0.524. The van der Waals surface area contributed by atoms with E-state index in [1.54, 1.807) is 4.31 Å². The third kappa shape index (κ3) is 4.19. The maximum absolute atomic E-state index is 12.1. The van der Waals surface area contributed by atoms with Crippen LogP contribution in [0.2, 0.25) is 0 Å². The molecule has 0 atom stereocenters. The highest BCUT2D eigenvalue weighted by Gasteiger charge is 2.23. The van der Waals surface area contributed by atoms with Crippen LogP contribution >= 0.6 is 0 Å². The molecular formula is C12H24N2O3S. The maximum Gasteiger partial charge on any atom is 0.214 e. The number of hydrogen-bond donors (Lipinski definition) is 0. The van der Waals surface area contributed by atoms with Gasteiger partial charge in [0.05, 0.1) is 19.0 Å². The SMILES string of the molecule is O=S(=O)(CCCN1CCOCC1)N1CCCCC1. The summed E-state index contributed by atoms with van der Waals surface area (Å²) >= 11 is 0. The molecule has 5 nitrogen and oxygen atoms in total. The third-order valence-corrected chi connectivity index (χ3v) is 5.65. The van der Waals surface area contributed by atoms with E-state index in [0.29, 0.717) is 5.75 Å². The van der Waals surface area contributed by atoms with E-state index in [1.807, 2.05) is 0 Å². The molecule has 6 heteroatoms. The highest BCUT2D eigenvalue weighted by atomic mass is 32.2. The molecule has 0 aromatic carbocycles. The molecule has 0 aromatic rings. The molecule has 18 heavy (non-hydrogen) atoms. The minimum Gasteiger partial charge on any atom is -0.379 e. The van der Waals surface area contributed by atoms with Gasteiger partial charge in [0, 0.05) is 26.2 Å². The van der Waals surface area contributed by atoms with Crippen LogP contribution in [0, 0.1) is 0 Å². The summed E-state index contributed by atoms with van der Waals surface area (Å²) in [5.74, 6) is 0.296. The molecule has 2 aliphatic heterocycles. The first kappa shape index (κ1) is 14.2. The lowest BCUT2D eigenvalue weighted by molar-refractivity contribution is 0.0380. The van der Waals surface area contributed by atoms with Crippen LogP contribution in [-0.4, -0.2) is 69.3 Å². The van der Waals surface area contributed by atoms with Crippen molar-refractivity contribution in [3.05, 3.63) is 0 Å². The molecular weight excluding hydrogens is 252 g/mol. The van der Waals surface area contributed by atoms with Crippen molar-refractivity contribution in [2.45, 2.75) is 25.7 Å². The van der Waals surface area contributed by atoms with Crippen LogP contribution in [0.4, 0.5) is 0 Å². The summed E-state index contributed by atoms with van der Waals surface area (Å²) in [6, 6.07) is 0. The summed E-state index contributed by atoms with van der Waals surface area (Å²) in [7, 11) is -3.01. The monoisotopic (exact) mass is 276 g/mol. The summed E-state index contributed by atoms with van der Waals surface area (Å²) in [4.78, 5) is 2.29. The first-order chi connectivity index (χ1) is 8.68. The van der Waals surface area contributed by atoms with Gasteiger partial charge in [-0.15, -0.1) is 0 Å². The molecule has 2 fully saturated rings. The molecule has 0 radical (unpaired) electrons. The maximum atomic E-state index is 12.1. The van der Waals surface area contributed by atoms with E-state index >= 15 is 0 Å². The summed E-state index contributed by atoms with van der Waals surface area (Å²) in [5.41, 5.74) is 0. The van der Waals surface area contributed by atoms with Crippen LogP contribution < -0.4 is 0 Å². The molecule has 2 rings (SSSR count). The van der Waals surface area contributed by atoms with Gasteiger partial charge in [-0.2, -0.15) is 0 Å². The Morgan fingerprint density at radius 3 is 2.28 bits per heavy atom. The van der Waals surface area contributed by atoms with Crippen molar-refractivity contribution in [1.82, 2.24) is 9.21 Å². The zero-order valence-corrected chi connectivity index (χ0v) is 11.8. The number of nitrogens with zero attached hydrogens (tertiary/aromatic N) is 2. The minimum absolute atomic E-state index is 0.296. The average Bonchev–Trinajstić information content (AvgIpc) is 2.41. The Morgan fingerprint density at radius 2 is 1.61 bits per heavy atom. The van der Waals surface area contributed by atoms with Gasteiger partial charge in [-0.3, -0.25) is 4.90 Å². The smallest absolute Gasteiger partial charge is 0.214 e. The fourth-order valence-corrected chi connectivity index (χ4v) is 4.13. The Labute approximate surface area is 110 Å². The van der Waals surface area contributed by atoms with Crippen LogP contribution in [0.15, 0.2) is 0 Å². The Balaban J connectivity index is 1.70. The van der Waals surface area contributed by atoms with Gasteiger partial charge < -0.3 is 4.74 Å². The van der Waals surface area contributed by atoms with Gasteiger partial charge >= 0.3 is 0 Å². The molecule has 0 bridgehead atoms. The second-order valence-corrected chi connectivity index (χ2v) is 7.17. The lowest BCUT2D eigenvalue weighted by Gasteiger charge is -2.28. The number of ether oxygens (including phenoxy) is 1.